The van der Waals surface area contributed by atoms with E-state index in [1.807, 2.05) is 24.3 Å². The van der Waals surface area contributed by atoms with Gasteiger partial charge in [-0.15, -0.1) is 0 Å². The zero-order chi connectivity index (χ0) is 15.7. The molecule has 0 aliphatic carbocycles. The minimum absolute atomic E-state index is 0.0115. The molecule has 2 rings (SSSR count). The second-order valence-electron chi connectivity index (χ2n) is 6.42. The quantitative estimate of drug-likeness (QED) is 0.917. The molecule has 2 aromatic rings. The normalized spacial score (nSPS) is 13.0. The smallest absolute Gasteiger partial charge is 0.149 e. The van der Waals surface area contributed by atoms with Gasteiger partial charge in [0.05, 0.1) is 23.5 Å². The van der Waals surface area contributed by atoms with Crippen LogP contribution in [0.3, 0.4) is 0 Å². The van der Waals surface area contributed by atoms with Crippen LogP contribution in [0.25, 0.3) is 10.9 Å². The summed E-state index contributed by atoms with van der Waals surface area (Å²) in [6.07, 6.45) is 1.25. The lowest BCUT2D eigenvalue weighted by molar-refractivity contribution is 0.420. The Labute approximate surface area is 126 Å². The summed E-state index contributed by atoms with van der Waals surface area (Å²) in [7, 11) is -2.99. The number of rotatable bonds is 5. The summed E-state index contributed by atoms with van der Waals surface area (Å²) in [5.74, 6) is 0.102. The fourth-order valence-corrected chi connectivity index (χ4v) is 2.60. The van der Waals surface area contributed by atoms with Crippen LogP contribution in [0.5, 0.6) is 0 Å². The van der Waals surface area contributed by atoms with E-state index in [0.717, 1.165) is 16.6 Å². The van der Waals surface area contributed by atoms with E-state index < -0.39 is 9.84 Å². The summed E-state index contributed by atoms with van der Waals surface area (Å²) in [6.45, 7) is 7.37. The van der Waals surface area contributed by atoms with Gasteiger partial charge in [0.1, 0.15) is 9.84 Å². The van der Waals surface area contributed by atoms with E-state index in [0.29, 0.717) is 13.1 Å². The Morgan fingerprint density at radius 2 is 1.90 bits per heavy atom. The fourth-order valence-electron chi connectivity index (χ4n) is 2.10. The predicted octanol–water partition coefficient (Wildman–Crippen LogP) is 1.97. The molecular weight excluding hydrogens is 286 g/mol. The predicted molar refractivity (Wildman–Crippen MR) is 86.0 cm³/mol. The van der Waals surface area contributed by atoms with Crippen molar-refractivity contribution in [2.45, 2.75) is 39.4 Å². The summed E-state index contributed by atoms with van der Waals surface area (Å²) in [4.78, 5) is 0. The molecule has 1 aromatic heterocycles. The van der Waals surface area contributed by atoms with E-state index in [1.54, 1.807) is 4.68 Å². The van der Waals surface area contributed by atoms with Gasteiger partial charge in [0, 0.05) is 23.7 Å². The Morgan fingerprint density at radius 3 is 2.52 bits per heavy atom. The molecule has 0 spiro atoms. The summed E-state index contributed by atoms with van der Waals surface area (Å²) < 4.78 is 24.5. The Balaban J connectivity index is 2.30. The van der Waals surface area contributed by atoms with E-state index in [2.05, 4.69) is 31.2 Å². The first-order valence-corrected chi connectivity index (χ1v) is 9.09. The molecule has 0 radical (unpaired) electrons. The van der Waals surface area contributed by atoms with Crippen molar-refractivity contribution in [2.24, 2.45) is 0 Å². The first kappa shape index (κ1) is 16.0. The van der Waals surface area contributed by atoms with Crippen LogP contribution in [0.4, 0.5) is 0 Å². The zero-order valence-electron chi connectivity index (χ0n) is 13.0. The number of nitrogens with zero attached hydrogens (tertiary/aromatic N) is 2. The van der Waals surface area contributed by atoms with Gasteiger partial charge in [0.25, 0.3) is 0 Å². The van der Waals surface area contributed by atoms with Crippen molar-refractivity contribution in [3.8, 4) is 0 Å². The standard InChI is InChI=1S/C15H23N3O2S/c1-15(2,3)16-11-13-12-7-5-6-8-14(12)18(17-13)9-10-21(4,19)20/h5-8,16H,9-11H2,1-4H3. The van der Waals surface area contributed by atoms with Crippen LogP contribution in [-0.4, -0.2) is 35.7 Å². The van der Waals surface area contributed by atoms with Gasteiger partial charge in [-0.05, 0) is 26.8 Å². The highest BCUT2D eigenvalue weighted by Gasteiger charge is 2.14. The number of para-hydroxylation sites is 1. The highest BCUT2D eigenvalue weighted by Crippen LogP contribution is 2.19. The van der Waals surface area contributed by atoms with Gasteiger partial charge in [-0.25, -0.2) is 8.42 Å². The van der Waals surface area contributed by atoms with Gasteiger partial charge in [-0.2, -0.15) is 5.10 Å². The van der Waals surface area contributed by atoms with Gasteiger partial charge >= 0.3 is 0 Å². The van der Waals surface area contributed by atoms with Gasteiger partial charge in [0.15, 0.2) is 0 Å². The largest absolute Gasteiger partial charge is 0.306 e. The van der Waals surface area contributed by atoms with Crippen LogP contribution >= 0.6 is 0 Å². The molecule has 0 fully saturated rings. The molecular formula is C15H23N3O2S. The monoisotopic (exact) mass is 309 g/mol. The van der Waals surface area contributed by atoms with Crippen molar-refractivity contribution < 1.29 is 8.42 Å². The van der Waals surface area contributed by atoms with Gasteiger partial charge in [0.2, 0.25) is 0 Å². The Hall–Kier alpha value is -1.40. The second kappa shape index (κ2) is 5.77. The lowest BCUT2D eigenvalue weighted by atomic mass is 10.1. The maximum absolute atomic E-state index is 11.4. The third-order valence-electron chi connectivity index (χ3n) is 3.19. The third kappa shape index (κ3) is 4.54. The number of aromatic nitrogens is 2. The molecule has 5 nitrogen and oxygen atoms in total. The Morgan fingerprint density at radius 1 is 1.24 bits per heavy atom. The molecule has 1 aromatic carbocycles. The minimum Gasteiger partial charge on any atom is -0.306 e. The molecule has 6 heteroatoms. The summed E-state index contributed by atoms with van der Waals surface area (Å²) in [5.41, 5.74) is 1.94. The summed E-state index contributed by atoms with van der Waals surface area (Å²) in [5, 5.41) is 9.08. The maximum atomic E-state index is 11.4. The van der Waals surface area contributed by atoms with E-state index in [-0.39, 0.29) is 11.3 Å². The van der Waals surface area contributed by atoms with Crippen LogP contribution in [0.1, 0.15) is 26.5 Å². The molecule has 1 N–H and O–H groups in total. The maximum Gasteiger partial charge on any atom is 0.149 e. The first-order valence-electron chi connectivity index (χ1n) is 7.03. The summed E-state index contributed by atoms with van der Waals surface area (Å²) in [6, 6.07) is 7.93. The van der Waals surface area contributed by atoms with Crippen molar-refractivity contribution in [1.29, 1.82) is 0 Å². The van der Waals surface area contributed by atoms with E-state index >= 15 is 0 Å². The lowest BCUT2D eigenvalue weighted by Crippen LogP contribution is -2.35. The van der Waals surface area contributed by atoms with Crippen LogP contribution in [0, 0.1) is 0 Å². The van der Waals surface area contributed by atoms with Gasteiger partial charge in [-0.1, -0.05) is 18.2 Å². The molecule has 0 aliphatic heterocycles. The number of nitrogens with one attached hydrogen (secondary N) is 1. The Bertz CT molecular complexity index is 727. The molecule has 0 unspecified atom stereocenters. The summed E-state index contributed by atoms with van der Waals surface area (Å²) >= 11 is 0. The molecule has 0 saturated heterocycles. The van der Waals surface area contributed by atoms with Crippen molar-refractivity contribution in [3.05, 3.63) is 30.0 Å². The second-order valence-corrected chi connectivity index (χ2v) is 8.68. The molecule has 116 valence electrons. The average Bonchev–Trinajstić information content (AvgIpc) is 2.71. The molecule has 21 heavy (non-hydrogen) atoms. The zero-order valence-corrected chi connectivity index (χ0v) is 13.9. The van der Waals surface area contributed by atoms with E-state index in [4.69, 9.17) is 0 Å². The SMILES string of the molecule is CC(C)(C)NCc1nn(CCS(C)(=O)=O)c2ccccc12. The Kier molecular flexibility index (Phi) is 4.39. The number of aryl methyl sites for hydroxylation is 1. The van der Waals surface area contributed by atoms with Crippen LogP contribution in [0.15, 0.2) is 24.3 Å². The average molecular weight is 309 g/mol. The molecule has 0 bridgehead atoms. The van der Waals surface area contributed by atoms with Gasteiger partial charge in [-0.3, -0.25) is 4.68 Å². The van der Waals surface area contributed by atoms with Gasteiger partial charge < -0.3 is 5.32 Å². The molecule has 0 saturated carbocycles. The molecule has 0 amide bonds. The van der Waals surface area contributed by atoms with Crippen molar-refractivity contribution in [1.82, 2.24) is 15.1 Å². The third-order valence-corrected chi connectivity index (χ3v) is 4.12. The van der Waals surface area contributed by atoms with Crippen LogP contribution < -0.4 is 5.32 Å². The number of hydrogen-bond donors (Lipinski definition) is 1. The van der Waals surface area contributed by atoms with E-state index in [1.165, 1.54) is 6.26 Å². The molecule has 0 aliphatic rings. The fraction of sp³-hybridized carbons (Fsp3) is 0.533. The van der Waals surface area contributed by atoms with Crippen LogP contribution in [0.2, 0.25) is 0 Å². The topological polar surface area (TPSA) is 64.0 Å². The molecule has 0 atom stereocenters. The highest BCUT2D eigenvalue weighted by atomic mass is 32.2. The number of fused-ring (bicyclic) bond motifs is 1. The van der Waals surface area contributed by atoms with Crippen LogP contribution in [-0.2, 0) is 22.9 Å². The first-order chi connectivity index (χ1) is 9.66. The van der Waals surface area contributed by atoms with Crippen molar-refractivity contribution in [2.75, 3.05) is 12.0 Å². The molecule has 1 heterocycles. The minimum atomic E-state index is -2.99. The lowest BCUT2D eigenvalue weighted by Gasteiger charge is -2.19. The number of benzene rings is 1. The highest BCUT2D eigenvalue weighted by molar-refractivity contribution is 7.90. The number of sulfone groups is 1. The van der Waals surface area contributed by atoms with Crippen molar-refractivity contribution in [3.63, 3.8) is 0 Å². The van der Waals surface area contributed by atoms with E-state index in [9.17, 15) is 8.42 Å². The number of hydrogen-bond acceptors (Lipinski definition) is 4. The van der Waals surface area contributed by atoms with Crippen molar-refractivity contribution >= 4 is 20.7 Å².